The Labute approximate surface area is 86.2 Å². The van der Waals surface area contributed by atoms with Crippen molar-refractivity contribution in [2.45, 2.75) is 12.5 Å². The van der Waals surface area contributed by atoms with Gasteiger partial charge < -0.3 is 4.74 Å². The van der Waals surface area contributed by atoms with Crippen molar-refractivity contribution in [3.05, 3.63) is 12.2 Å². The van der Waals surface area contributed by atoms with E-state index in [-0.39, 0.29) is 12.0 Å². The molecule has 0 aromatic heterocycles. The molecule has 6 heteroatoms. The predicted octanol–water partition coefficient (Wildman–Crippen LogP) is 1.09. The summed E-state index contributed by atoms with van der Waals surface area (Å²) in [6.45, 7) is 0. The second kappa shape index (κ2) is 2.52. The summed E-state index contributed by atoms with van der Waals surface area (Å²) in [5.74, 6) is 1.34. The van der Waals surface area contributed by atoms with Gasteiger partial charge in [-0.3, -0.25) is 0 Å². The Bertz CT molecular complexity index is 442. The third kappa shape index (κ3) is 1.19. The van der Waals surface area contributed by atoms with E-state index in [0.717, 1.165) is 6.42 Å². The molecule has 76 valence electrons. The van der Waals surface area contributed by atoms with Crippen LogP contribution in [0.2, 0.25) is 0 Å². The molecular formula is C8H8ClNO3S. The van der Waals surface area contributed by atoms with Crippen LogP contribution in [0.1, 0.15) is 6.42 Å². The van der Waals surface area contributed by atoms with Gasteiger partial charge in [-0.05, 0) is 5.92 Å². The number of fused-ring (bicyclic) bond motifs is 1. The molecule has 2 aliphatic carbocycles. The van der Waals surface area contributed by atoms with Gasteiger partial charge in [-0.25, -0.2) is 0 Å². The van der Waals surface area contributed by atoms with Crippen LogP contribution >= 0.6 is 10.7 Å². The van der Waals surface area contributed by atoms with Crippen molar-refractivity contribution >= 4 is 25.8 Å². The molecule has 1 saturated heterocycles. The maximum Gasteiger partial charge on any atom is 0.342 e. The van der Waals surface area contributed by atoms with Crippen LogP contribution in [0.5, 0.6) is 0 Å². The van der Waals surface area contributed by atoms with Gasteiger partial charge in [0.1, 0.15) is 6.10 Å². The van der Waals surface area contributed by atoms with Gasteiger partial charge in [-0.2, -0.15) is 8.42 Å². The molecule has 0 radical (unpaired) electrons. The lowest BCUT2D eigenvalue weighted by Gasteiger charge is -2.16. The number of hydrogen-bond acceptors (Lipinski definition) is 3. The minimum Gasteiger partial charge on any atom is -0.476 e. The second-order valence-corrected chi connectivity index (χ2v) is 6.02. The highest BCUT2D eigenvalue weighted by atomic mass is 35.7. The molecule has 4 unspecified atom stereocenters. The van der Waals surface area contributed by atoms with Crippen LogP contribution in [0.15, 0.2) is 16.5 Å². The van der Waals surface area contributed by atoms with E-state index in [2.05, 4.69) is 16.5 Å². The highest BCUT2D eigenvalue weighted by molar-refractivity contribution is 8.12. The summed E-state index contributed by atoms with van der Waals surface area (Å²) in [4.78, 5) is 0. The average molecular weight is 234 g/mol. The monoisotopic (exact) mass is 233 g/mol. The molecule has 1 aliphatic heterocycles. The molecule has 3 aliphatic rings. The second-order valence-electron chi connectivity index (χ2n) is 3.84. The van der Waals surface area contributed by atoms with Gasteiger partial charge >= 0.3 is 9.24 Å². The number of nitrogens with zero attached hydrogens (tertiary/aromatic N) is 1. The lowest BCUT2D eigenvalue weighted by atomic mass is 10.1. The maximum atomic E-state index is 10.8. The molecule has 0 bridgehead atoms. The molecule has 3 rings (SSSR count). The van der Waals surface area contributed by atoms with Gasteiger partial charge in [0.2, 0.25) is 5.90 Å². The SMILES string of the molecule is O=S(=O)(Cl)/N=C1\OC2CC=CC3C1C23. The van der Waals surface area contributed by atoms with E-state index in [4.69, 9.17) is 15.4 Å². The Morgan fingerprint density at radius 2 is 2.36 bits per heavy atom. The van der Waals surface area contributed by atoms with Crippen LogP contribution in [0, 0.1) is 17.8 Å². The Balaban J connectivity index is 1.95. The Kier molecular flexibility index (Phi) is 1.57. The molecule has 2 fully saturated rings. The number of halogens is 1. The molecule has 0 amide bonds. The van der Waals surface area contributed by atoms with Gasteiger partial charge in [0.05, 0.1) is 0 Å². The van der Waals surface area contributed by atoms with E-state index in [1.165, 1.54) is 0 Å². The standard InChI is InChI=1S/C8H8ClNO3S/c9-14(11,12)10-8-7-4-2-1-3-5(13-8)6(4)7/h1-2,4-7H,3H2/b10-8-. The minimum absolute atomic E-state index is 0.118. The molecule has 1 saturated carbocycles. The molecule has 14 heavy (non-hydrogen) atoms. The van der Waals surface area contributed by atoms with Crippen LogP contribution in [-0.4, -0.2) is 20.4 Å². The van der Waals surface area contributed by atoms with Crippen LogP contribution in [-0.2, 0) is 14.0 Å². The Morgan fingerprint density at radius 3 is 2.93 bits per heavy atom. The quantitative estimate of drug-likeness (QED) is 0.503. The van der Waals surface area contributed by atoms with Gasteiger partial charge in [0.25, 0.3) is 0 Å². The van der Waals surface area contributed by atoms with Gasteiger partial charge in [-0.1, -0.05) is 12.2 Å². The molecule has 0 aromatic rings. The Hall–Kier alpha value is -0.550. The Morgan fingerprint density at radius 1 is 1.57 bits per heavy atom. The molecule has 1 heterocycles. The number of hydrogen-bond donors (Lipinski definition) is 0. The van der Waals surface area contributed by atoms with Crippen LogP contribution in [0.25, 0.3) is 0 Å². The summed E-state index contributed by atoms with van der Waals surface area (Å²) in [6, 6.07) is 0. The zero-order valence-corrected chi connectivity index (χ0v) is 8.70. The smallest absolute Gasteiger partial charge is 0.342 e. The first-order valence-electron chi connectivity index (χ1n) is 4.44. The van der Waals surface area contributed by atoms with Crippen molar-refractivity contribution in [2.24, 2.45) is 22.2 Å². The van der Waals surface area contributed by atoms with Crippen molar-refractivity contribution in [3.8, 4) is 0 Å². The first-order chi connectivity index (χ1) is 6.56. The number of allylic oxidation sites excluding steroid dienone is 1. The van der Waals surface area contributed by atoms with Crippen LogP contribution in [0.3, 0.4) is 0 Å². The molecule has 0 spiro atoms. The molecular weight excluding hydrogens is 226 g/mol. The fourth-order valence-electron chi connectivity index (χ4n) is 2.49. The molecule has 0 N–H and O–H groups in total. The first kappa shape index (κ1) is 8.73. The van der Waals surface area contributed by atoms with E-state index in [1.807, 2.05) is 0 Å². The summed E-state index contributed by atoms with van der Waals surface area (Å²) in [7, 11) is 1.21. The van der Waals surface area contributed by atoms with E-state index in [1.54, 1.807) is 0 Å². The minimum atomic E-state index is -3.83. The van der Waals surface area contributed by atoms with Crippen molar-refractivity contribution < 1.29 is 13.2 Å². The first-order valence-corrected chi connectivity index (χ1v) is 6.71. The van der Waals surface area contributed by atoms with Gasteiger partial charge in [-0.15, -0.1) is 4.40 Å². The van der Waals surface area contributed by atoms with Crippen molar-refractivity contribution in [1.29, 1.82) is 0 Å². The third-order valence-corrected chi connectivity index (χ3v) is 3.65. The van der Waals surface area contributed by atoms with E-state index >= 15 is 0 Å². The van der Waals surface area contributed by atoms with E-state index < -0.39 is 9.24 Å². The normalized spacial score (nSPS) is 46.2. The third-order valence-electron chi connectivity index (χ3n) is 3.05. The van der Waals surface area contributed by atoms with Crippen molar-refractivity contribution in [2.75, 3.05) is 0 Å². The highest BCUT2D eigenvalue weighted by Gasteiger charge is 2.64. The topological polar surface area (TPSA) is 55.7 Å². The highest BCUT2D eigenvalue weighted by Crippen LogP contribution is 2.59. The number of rotatable bonds is 1. The number of ether oxygens (including phenoxy) is 1. The maximum absolute atomic E-state index is 10.8. The lowest BCUT2D eigenvalue weighted by Crippen LogP contribution is -2.18. The molecule has 4 nitrogen and oxygen atoms in total. The fraction of sp³-hybridized carbons (Fsp3) is 0.625. The van der Waals surface area contributed by atoms with E-state index in [0.29, 0.717) is 17.7 Å². The van der Waals surface area contributed by atoms with Gasteiger partial charge in [0, 0.05) is 28.9 Å². The zero-order chi connectivity index (χ0) is 9.92. The average Bonchev–Trinajstić information content (AvgIpc) is 2.63. The summed E-state index contributed by atoms with van der Waals surface area (Å²) in [6.07, 6.45) is 5.16. The lowest BCUT2D eigenvalue weighted by molar-refractivity contribution is 0.181. The van der Waals surface area contributed by atoms with Gasteiger partial charge in [0.15, 0.2) is 0 Å². The zero-order valence-electron chi connectivity index (χ0n) is 7.13. The van der Waals surface area contributed by atoms with Crippen molar-refractivity contribution in [3.63, 3.8) is 0 Å². The summed E-state index contributed by atoms with van der Waals surface area (Å²) in [5.41, 5.74) is 0. The van der Waals surface area contributed by atoms with Crippen LogP contribution in [0.4, 0.5) is 0 Å². The van der Waals surface area contributed by atoms with Crippen molar-refractivity contribution in [1.82, 2.24) is 0 Å². The summed E-state index contributed by atoms with van der Waals surface area (Å²) in [5, 5.41) is 0. The summed E-state index contributed by atoms with van der Waals surface area (Å²) >= 11 is 0. The largest absolute Gasteiger partial charge is 0.476 e. The molecule has 4 atom stereocenters. The molecule has 0 aromatic carbocycles. The van der Waals surface area contributed by atoms with E-state index in [9.17, 15) is 8.42 Å². The summed E-state index contributed by atoms with van der Waals surface area (Å²) < 4.78 is 30.3. The van der Waals surface area contributed by atoms with Crippen LogP contribution < -0.4 is 0 Å². The predicted molar refractivity (Wildman–Crippen MR) is 51.3 cm³/mol. The fourth-order valence-corrected chi connectivity index (χ4v) is 3.08.